The van der Waals surface area contributed by atoms with Crippen LogP contribution in [0.3, 0.4) is 0 Å². The first-order chi connectivity index (χ1) is 21.6. The Morgan fingerprint density at radius 3 is 2.39 bits per heavy atom. The number of carbonyl (C=O) groups excluding carboxylic acids is 1. The molecule has 2 aromatic carbocycles. The molecule has 5 nitrogen and oxygen atoms in total. The molecule has 5 aromatic rings. The predicted molar refractivity (Wildman–Crippen MR) is 194 cm³/mol. The Morgan fingerprint density at radius 1 is 1.02 bits per heavy atom. The zero-order valence-corrected chi connectivity index (χ0v) is 32.6. The van der Waals surface area contributed by atoms with Crippen molar-refractivity contribution in [1.29, 1.82) is 0 Å². The van der Waals surface area contributed by atoms with Crippen molar-refractivity contribution >= 4 is 61.6 Å². The molecule has 8 heteroatoms. The third-order valence-electron chi connectivity index (χ3n) is 9.31. The number of imidazole rings is 1. The summed E-state index contributed by atoms with van der Waals surface area (Å²) in [6.45, 7) is 16.4. The average Bonchev–Trinajstić information content (AvgIpc) is 3.58. The second kappa shape index (κ2) is 15.5. The monoisotopic (exact) mass is 831 g/mol. The van der Waals surface area contributed by atoms with Gasteiger partial charge >= 0.3 is 0 Å². The standard InChI is InChI=1S/C25H24N3SSi.C13H24O2.Ir/c1-30(2,3)20-15-17(14-16-8-4-5-9-18(16)20)22-24-19(11-12-26-22)23-25(29-24)28-13-7-6-10-21(28)27-23;1-5-10(6-2)12(14)9-13(15)11(7-3)8-4;/h4-5,8-9,11-12,15H,6-7,10,13H2,1-3H3;9-11,14H,5-8H2,1-4H3;/q-1;;/b;12-9-;. The molecule has 0 amide bonds. The van der Waals surface area contributed by atoms with Crippen LogP contribution >= 0.6 is 11.3 Å². The number of fused-ring (bicyclic) bond motifs is 6. The number of nitrogens with zero attached hydrogens (tertiary/aromatic N) is 3. The Labute approximate surface area is 292 Å². The maximum atomic E-state index is 11.7. The maximum absolute atomic E-state index is 11.7. The van der Waals surface area contributed by atoms with Gasteiger partial charge in [-0.05, 0) is 44.6 Å². The molecular weight excluding hydrogens is 783 g/mol. The Kier molecular flexibility index (Phi) is 12.2. The molecule has 1 aliphatic heterocycles. The van der Waals surface area contributed by atoms with E-state index in [1.165, 1.54) is 55.6 Å². The molecular formula is C38H48IrN3O2SSi-. The van der Waals surface area contributed by atoms with Crippen LogP contribution in [0, 0.1) is 17.9 Å². The number of ketones is 1. The van der Waals surface area contributed by atoms with Gasteiger partial charge in [-0.15, -0.1) is 40.1 Å². The van der Waals surface area contributed by atoms with Gasteiger partial charge in [0.1, 0.15) is 16.2 Å². The van der Waals surface area contributed by atoms with Gasteiger partial charge in [0, 0.05) is 73.0 Å². The van der Waals surface area contributed by atoms with E-state index < -0.39 is 8.07 Å². The fourth-order valence-corrected chi connectivity index (χ4v) is 9.41. The van der Waals surface area contributed by atoms with Gasteiger partial charge in [-0.3, -0.25) is 9.78 Å². The number of aliphatic hydroxyl groups excluding tert-OH is 1. The maximum Gasteiger partial charge on any atom is 0.162 e. The van der Waals surface area contributed by atoms with Crippen LogP contribution in [0.25, 0.3) is 42.5 Å². The van der Waals surface area contributed by atoms with Crippen LogP contribution in [0.1, 0.15) is 72.0 Å². The largest absolute Gasteiger partial charge is 0.512 e. The number of pyridine rings is 1. The van der Waals surface area contributed by atoms with Crippen LogP contribution in [0.4, 0.5) is 0 Å². The molecule has 1 aliphatic rings. The molecule has 0 spiro atoms. The summed E-state index contributed by atoms with van der Waals surface area (Å²) >= 11 is 1.85. The van der Waals surface area contributed by atoms with Gasteiger partial charge in [-0.2, -0.15) is 0 Å². The van der Waals surface area contributed by atoms with Crippen LogP contribution < -0.4 is 5.19 Å². The van der Waals surface area contributed by atoms with E-state index in [-0.39, 0.29) is 43.5 Å². The summed E-state index contributed by atoms with van der Waals surface area (Å²) < 4.78 is 3.68. The van der Waals surface area contributed by atoms with Crippen LogP contribution in [-0.4, -0.2) is 33.5 Å². The Bertz CT molecular complexity index is 1840. The topological polar surface area (TPSA) is 68.0 Å². The molecule has 1 radical (unpaired) electrons. The predicted octanol–water partition coefficient (Wildman–Crippen LogP) is 10.0. The number of hydrogen-bond donors (Lipinski definition) is 1. The molecule has 0 saturated carbocycles. The van der Waals surface area contributed by atoms with Gasteiger partial charge in [0.15, 0.2) is 5.78 Å². The molecule has 0 atom stereocenters. The second-order valence-electron chi connectivity index (χ2n) is 13.3. The number of aliphatic hydroxyl groups is 1. The van der Waals surface area contributed by atoms with E-state index in [1.807, 2.05) is 45.2 Å². The first-order valence-corrected chi connectivity index (χ1v) is 21.1. The van der Waals surface area contributed by atoms with E-state index in [4.69, 9.17) is 9.97 Å². The zero-order valence-electron chi connectivity index (χ0n) is 28.4. The number of aromatic nitrogens is 3. The van der Waals surface area contributed by atoms with E-state index >= 15 is 0 Å². The van der Waals surface area contributed by atoms with Crippen molar-refractivity contribution in [2.45, 2.75) is 98.8 Å². The number of thiophene rings is 1. The molecule has 0 aliphatic carbocycles. The zero-order chi connectivity index (χ0) is 32.3. The molecule has 6 rings (SSSR count). The number of benzene rings is 2. The smallest absolute Gasteiger partial charge is 0.162 e. The van der Waals surface area contributed by atoms with Crippen LogP contribution in [0.2, 0.25) is 19.6 Å². The summed E-state index contributed by atoms with van der Waals surface area (Å²) in [4.78, 5) is 22.9. The van der Waals surface area contributed by atoms with Crippen molar-refractivity contribution in [2.24, 2.45) is 11.8 Å². The van der Waals surface area contributed by atoms with Crippen molar-refractivity contribution in [2.75, 3.05) is 0 Å². The first-order valence-electron chi connectivity index (χ1n) is 16.8. The van der Waals surface area contributed by atoms with Gasteiger partial charge in [-0.1, -0.05) is 76.5 Å². The molecule has 0 fully saturated rings. The van der Waals surface area contributed by atoms with E-state index in [2.05, 4.69) is 66.7 Å². The van der Waals surface area contributed by atoms with Gasteiger partial charge < -0.3 is 9.67 Å². The molecule has 0 bridgehead atoms. The van der Waals surface area contributed by atoms with E-state index in [1.54, 1.807) is 0 Å². The fraction of sp³-hybridized carbons (Fsp3) is 0.447. The van der Waals surface area contributed by atoms with Crippen LogP contribution in [-0.2, 0) is 37.9 Å². The first kappa shape index (κ1) is 36.2. The number of allylic oxidation sites excluding steroid dienone is 2. The number of hydrogen-bond acceptors (Lipinski definition) is 5. The third-order valence-corrected chi connectivity index (χ3v) is 12.6. The van der Waals surface area contributed by atoms with Crippen LogP contribution in [0.15, 0.2) is 54.4 Å². The minimum atomic E-state index is -1.53. The average molecular weight is 831 g/mol. The molecule has 3 aromatic heterocycles. The second-order valence-corrected chi connectivity index (χ2v) is 19.4. The van der Waals surface area contributed by atoms with Crippen molar-refractivity contribution in [3.8, 4) is 11.3 Å². The van der Waals surface area contributed by atoms with Gasteiger partial charge in [-0.25, -0.2) is 4.98 Å². The van der Waals surface area contributed by atoms with E-state index in [0.717, 1.165) is 55.4 Å². The molecule has 1 N–H and O–H groups in total. The molecule has 0 unspecified atom stereocenters. The summed E-state index contributed by atoms with van der Waals surface area (Å²) in [5.74, 6) is 1.80. The molecule has 247 valence electrons. The summed E-state index contributed by atoms with van der Waals surface area (Å²) in [7, 11) is -1.53. The van der Waals surface area contributed by atoms with E-state index in [0.29, 0.717) is 0 Å². The number of rotatable bonds is 9. The molecule has 4 heterocycles. The van der Waals surface area contributed by atoms with Crippen molar-refractivity contribution in [3.05, 3.63) is 66.3 Å². The Hall–Kier alpha value is -2.64. The summed E-state index contributed by atoms with van der Waals surface area (Å²) in [5, 5.41) is 15.0. The SMILES string of the molecule is CCC(CC)C(=O)/C=C(\O)C(CC)CC.C[Si](C)(C)c1cc(-c2nccc3c2sc2c3nc3n2CCCC3)[c-]c2ccccc12.[Ir]. The molecule has 0 saturated heterocycles. The van der Waals surface area contributed by atoms with Gasteiger partial charge in [0.05, 0.1) is 13.8 Å². The normalized spacial score (nSPS) is 13.6. The minimum Gasteiger partial charge on any atom is -0.512 e. The minimum absolute atomic E-state index is 0. The Morgan fingerprint density at radius 2 is 1.72 bits per heavy atom. The quantitative estimate of drug-likeness (QED) is 0.0696. The summed E-state index contributed by atoms with van der Waals surface area (Å²) in [6, 6.07) is 16.8. The van der Waals surface area contributed by atoms with Crippen LogP contribution in [0.5, 0.6) is 0 Å². The van der Waals surface area contributed by atoms with Crippen molar-refractivity contribution < 1.29 is 30.0 Å². The number of carbonyl (C=O) groups is 1. The third kappa shape index (κ3) is 7.41. The molecule has 46 heavy (non-hydrogen) atoms. The van der Waals surface area contributed by atoms with Crippen molar-refractivity contribution in [3.63, 3.8) is 0 Å². The van der Waals surface area contributed by atoms with Gasteiger partial charge in [0.2, 0.25) is 0 Å². The van der Waals surface area contributed by atoms with Gasteiger partial charge in [0.25, 0.3) is 0 Å². The fourth-order valence-electron chi connectivity index (χ4n) is 6.52. The summed E-state index contributed by atoms with van der Waals surface area (Å²) in [5.41, 5.74) is 3.31. The number of aryl methyl sites for hydroxylation is 2. The van der Waals surface area contributed by atoms with Crippen molar-refractivity contribution in [1.82, 2.24) is 14.5 Å². The van der Waals surface area contributed by atoms with E-state index in [9.17, 15) is 9.90 Å². The Balaban J connectivity index is 0.000000259. The summed E-state index contributed by atoms with van der Waals surface area (Å²) in [6.07, 6.45) is 10.4.